The topological polar surface area (TPSA) is 75.7 Å². The molecule has 2 rings (SSSR count). The number of rotatable bonds is 6. The van der Waals surface area contributed by atoms with Gasteiger partial charge in [-0.3, -0.25) is 4.79 Å². The number of amides is 1. The highest BCUT2D eigenvalue weighted by atomic mass is 35.5. The number of carbonyl (C=O) groups excluding carboxylic acids is 1. The molecule has 6 nitrogen and oxygen atoms in total. The number of carbonyl (C=O) groups is 1. The molecule has 24 heavy (non-hydrogen) atoms. The Kier molecular flexibility index (Phi) is 6.88. The molecule has 0 spiro atoms. The summed E-state index contributed by atoms with van der Waals surface area (Å²) in [5.74, 6) is -0.403. The van der Waals surface area contributed by atoms with Crippen LogP contribution in [-0.4, -0.2) is 51.2 Å². The van der Waals surface area contributed by atoms with E-state index in [1.54, 1.807) is 18.2 Å². The summed E-state index contributed by atoms with van der Waals surface area (Å²) >= 11 is 11.8. The zero-order valence-electron chi connectivity index (χ0n) is 13.3. The lowest BCUT2D eigenvalue weighted by Gasteiger charge is -2.30. The van der Waals surface area contributed by atoms with Crippen molar-refractivity contribution in [3.63, 3.8) is 0 Å². The maximum atomic E-state index is 12.3. The summed E-state index contributed by atoms with van der Waals surface area (Å²) in [5, 5.41) is 3.59. The van der Waals surface area contributed by atoms with Crippen molar-refractivity contribution in [2.45, 2.75) is 12.8 Å². The summed E-state index contributed by atoms with van der Waals surface area (Å²) < 4.78 is 30.4. The van der Waals surface area contributed by atoms with Gasteiger partial charge < -0.3 is 10.1 Å². The van der Waals surface area contributed by atoms with Crippen molar-refractivity contribution in [2.24, 2.45) is 5.92 Å². The lowest BCUT2D eigenvalue weighted by atomic mass is 9.97. The Labute approximate surface area is 152 Å². The van der Waals surface area contributed by atoms with E-state index in [9.17, 15) is 13.2 Å². The van der Waals surface area contributed by atoms with E-state index in [-0.39, 0.29) is 24.2 Å². The molecule has 1 aromatic carbocycles. The predicted molar refractivity (Wildman–Crippen MR) is 95.1 cm³/mol. The molecule has 1 aliphatic heterocycles. The molecule has 134 valence electrons. The summed E-state index contributed by atoms with van der Waals surface area (Å²) in [6.45, 7) is 0.844. The second-order valence-corrected chi connectivity index (χ2v) is 8.50. The standard InChI is InChI=1S/C15H20Cl2N2O4S/c1-23-8-9-24(21,22)19-6-4-11(5-7-19)15(20)18-12-2-3-13(16)14(17)10-12/h2-3,10-11H,4-9H2,1H3,(H,18,20). The number of hydrogen-bond acceptors (Lipinski definition) is 4. The van der Waals surface area contributed by atoms with Gasteiger partial charge in [0.2, 0.25) is 15.9 Å². The van der Waals surface area contributed by atoms with Gasteiger partial charge in [-0.05, 0) is 31.0 Å². The first kappa shape index (κ1) is 19.5. The minimum absolute atomic E-state index is 0.0381. The molecule has 0 bridgehead atoms. The van der Waals surface area contributed by atoms with Crippen LogP contribution in [0.2, 0.25) is 10.0 Å². The number of ether oxygens (including phenoxy) is 1. The molecule has 1 saturated heterocycles. The van der Waals surface area contributed by atoms with Crippen molar-refractivity contribution in [1.29, 1.82) is 0 Å². The van der Waals surface area contributed by atoms with Crippen molar-refractivity contribution in [2.75, 3.05) is 37.9 Å². The van der Waals surface area contributed by atoms with Gasteiger partial charge in [0.05, 0.1) is 22.4 Å². The number of benzene rings is 1. The lowest BCUT2D eigenvalue weighted by molar-refractivity contribution is -0.120. The van der Waals surface area contributed by atoms with E-state index in [0.717, 1.165) is 0 Å². The summed E-state index contributed by atoms with van der Waals surface area (Å²) in [5.41, 5.74) is 0.574. The fourth-order valence-electron chi connectivity index (χ4n) is 2.53. The third kappa shape index (κ3) is 5.07. The van der Waals surface area contributed by atoms with Crippen LogP contribution in [0.4, 0.5) is 5.69 Å². The van der Waals surface area contributed by atoms with Crippen LogP contribution in [0.5, 0.6) is 0 Å². The van der Waals surface area contributed by atoms with Crippen LogP contribution in [0.25, 0.3) is 0 Å². The zero-order chi connectivity index (χ0) is 17.7. The van der Waals surface area contributed by atoms with E-state index >= 15 is 0 Å². The molecule has 1 aromatic rings. The predicted octanol–water partition coefficient (Wildman–Crippen LogP) is 2.62. The number of hydrogen-bond donors (Lipinski definition) is 1. The Morgan fingerprint density at radius 2 is 1.96 bits per heavy atom. The Hall–Kier alpha value is -0.860. The second-order valence-electron chi connectivity index (χ2n) is 5.60. The van der Waals surface area contributed by atoms with Gasteiger partial charge in [-0.15, -0.1) is 0 Å². The largest absolute Gasteiger partial charge is 0.384 e. The normalized spacial score (nSPS) is 17.0. The minimum atomic E-state index is -3.32. The number of anilines is 1. The van der Waals surface area contributed by atoms with Gasteiger partial charge in [0.1, 0.15) is 0 Å². The van der Waals surface area contributed by atoms with Gasteiger partial charge in [-0.1, -0.05) is 23.2 Å². The van der Waals surface area contributed by atoms with E-state index < -0.39 is 10.0 Å². The number of nitrogens with one attached hydrogen (secondary N) is 1. The third-order valence-electron chi connectivity index (χ3n) is 3.95. The smallest absolute Gasteiger partial charge is 0.227 e. The Morgan fingerprint density at radius 3 is 2.54 bits per heavy atom. The fraction of sp³-hybridized carbons (Fsp3) is 0.533. The van der Waals surface area contributed by atoms with Crippen molar-refractivity contribution in [1.82, 2.24) is 4.31 Å². The van der Waals surface area contributed by atoms with Gasteiger partial charge in [0.25, 0.3) is 0 Å². The zero-order valence-corrected chi connectivity index (χ0v) is 15.6. The molecule has 1 N–H and O–H groups in total. The number of piperidine rings is 1. The van der Waals surface area contributed by atoms with E-state index in [4.69, 9.17) is 27.9 Å². The molecular weight excluding hydrogens is 375 g/mol. The van der Waals surface area contributed by atoms with Crippen LogP contribution in [0.3, 0.4) is 0 Å². The van der Waals surface area contributed by atoms with Crippen molar-refractivity contribution < 1.29 is 17.9 Å². The number of halogens is 2. The molecule has 0 atom stereocenters. The molecule has 0 saturated carbocycles. The minimum Gasteiger partial charge on any atom is -0.384 e. The Bertz CT molecular complexity index is 689. The molecule has 1 amide bonds. The monoisotopic (exact) mass is 394 g/mol. The molecule has 0 radical (unpaired) electrons. The van der Waals surface area contributed by atoms with Crippen molar-refractivity contribution in [3.05, 3.63) is 28.2 Å². The first-order valence-corrected chi connectivity index (χ1v) is 9.92. The van der Waals surface area contributed by atoms with E-state index in [1.807, 2.05) is 0 Å². The summed E-state index contributed by atoms with van der Waals surface area (Å²) in [6, 6.07) is 4.88. The van der Waals surface area contributed by atoms with Crippen LogP contribution in [-0.2, 0) is 19.6 Å². The summed E-state index contributed by atoms with van der Waals surface area (Å²) in [4.78, 5) is 12.3. The van der Waals surface area contributed by atoms with Gasteiger partial charge in [0.15, 0.2) is 0 Å². The van der Waals surface area contributed by atoms with Gasteiger partial charge in [-0.25, -0.2) is 12.7 Å². The van der Waals surface area contributed by atoms with Crippen LogP contribution in [0.1, 0.15) is 12.8 Å². The highest BCUT2D eigenvalue weighted by Gasteiger charge is 2.30. The highest BCUT2D eigenvalue weighted by Crippen LogP contribution is 2.26. The van der Waals surface area contributed by atoms with Crippen LogP contribution < -0.4 is 5.32 Å². The molecule has 0 unspecified atom stereocenters. The highest BCUT2D eigenvalue weighted by molar-refractivity contribution is 7.89. The van der Waals surface area contributed by atoms with E-state index in [2.05, 4.69) is 5.32 Å². The molecule has 1 heterocycles. The van der Waals surface area contributed by atoms with Gasteiger partial charge in [-0.2, -0.15) is 0 Å². The van der Waals surface area contributed by atoms with Crippen molar-refractivity contribution in [3.8, 4) is 0 Å². The molecule has 0 aliphatic carbocycles. The molecule has 1 fully saturated rings. The first-order valence-electron chi connectivity index (χ1n) is 7.56. The number of sulfonamides is 1. The maximum absolute atomic E-state index is 12.3. The molecule has 9 heteroatoms. The average Bonchev–Trinajstić information content (AvgIpc) is 2.56. The Balaban J connectivity index is 1.89. The Morgan fingerprint density at radius 1 is 1.29 bits per heavy atom. The molecule has 1 aliphatic rings. The summed E-state index contributed by atoms with van der Waals surface area (Å²) in [6.07, 6.45) is 0.971. The van der Waals surface area contributed by atoms with Crippen molar-refractivity contribution >= 4 is 44.8 Å². The van der Waals surface area contributed by atoms with E-state index in [0.29, 0.717) is 41.7 Å². The quantitative estimate of drug-likeness (QED) is 0.804. The summed E-state index contributed by atoms with van der Waals surface area (Å²) in [7, 11) is -1.85. The number of methoxy groups -OCH3 is 1. The lowest BCUT2D eigenvalue weighted by Crippen LogP contribution is -2.42. The van der Waals surface area contributed by atoms with Gasteiger partial charge in [0, 0.05) is 31.8 Å². The first-order chi connectivity index (χ1) is 11.3. The second kappa shape index (κ2) is 8.49. The third-order valence-corrected chi connectivity index (χ3v) is 6.52. The van der Waals surface area contributed by atoms with Crippen LogP contribution >= 0.6 is 23.2 Å². The number of nitrogens with zero attached hydrogens (tertiary/aromatic N) is 1. The van der Waals surface area contributed by atoms with Gasteiger partial charge >= 0.3 is 0 Å². The average molecular weight is 395 g/mol. The molecule has 0 aromatic heterocycles. The maximum Gasteiger partial charge on any atom is 0.227 e. The van der Waals surface area contributed by atoms with E-state index in [1.165, 1.54) is 11.4 Å². The van der Waals surface area contributed by atoms with Crippen LogP contribution in [0.15, 0.2) is 18.2 Å². The van der Waals surface area contributed by atoms with Crippen LogP contribution in [0, 0.1) is 5.92 Å². The fourth-order valence-corrected chi connectivity index (χ4v) is 4.23. The molecular formula is C15H20Cl2N2O4S. The SMILES string of the molecule is COCCS(=O)(=O)N1CCC(C(=O)Nc2ccc(Cl)c(Cl)c2)CC1.